The number of nitrogens with zero attached hydrogens (tertiary/aromatic N) is 1. The van der Waals surface area contributed by atoms with Crippen LogP contribution in [0.5, 0.6) is 0 Å². The van der Waals surface area contributed by atoms with Crippen LogP contribution in [0, 0.1) is 5.41 Å². The van der Waals surface area contributed by atoms with Crippen molar-refractivity contribution in [3.05, 3.63) is 23.3 Å². The van der Waals surface area contributed by atoms with Crippen LogP contribution in [0.4, 0.5) is 0 Å². The van der Waals surface area contributed by atoms with Crippen molar-refractivity contribution in [2.75, 3.05) is 0 Å². The molecule has 0 saturated heterocycles. The number of hydrogen-bond acceptors (Lipinski definition) is 1. The van der Waals surface area contributed by atoms with Gasteiger partial charge in [0.15, 0.2) is 0 Å². The highest BCUT2D eigenvalue weighted by atomic mass is 35.5. The van der Waals surface area contributed by atoms with Gasteiger partial charge in [-0.15, -0.1) is 0 Å². The minimum atomic E-state index is 0.0966. The maximum Gasteiger partial charge on any atom is 0.143 e. The summed E-state index contributed by atoms with van der Waals surface area (Å²) < 4.78 is 0. The minimum Gasteiger partial charge on any atom is -0.283 e. The molecule has 0 aromatic rings. The van der Waals surface area contributed by atoms with Gasteiger partial charge in [0.25, 0.3) is 0 Å². The van der Waals surface area contributed by atoms with Gasteiger partial charge in [-0.25, -0.2) is 4.99 Å². The Morgan fingerprint density at radius 2 is 2.20 bits per heavy atom. The molecule has 3 heteroatoms. The third-order valence-electron chi connectivity index (χ3n) is 0.951. The first-order valence-electron chi connectivity index (χ1n) is 2.66. The molecule has 0 heterocycles. The van der Waals surface area contributed by atoms with Gasteiger partial charge >= 0.3 is 0 Å². The average molecular weight is 157 g/mol. The fourth-order valence-corrected chi connectivity index (χ4v) is 0.384. The Morgan fingerprint density at radius 3 is 2.50 bits per heavy atom. The zero-order valence-corrected chi connectivity index (χ0v) is 6.57. The summed E-state index contributed by atoms with van der Waals surface area (Å²) in [7, 11) is 0. The van der Waals surface area contributed by atoms with Gasteiger partial charge in [0.2, 0.25) is 0 Å². The molecule has 0 aromatic carbocycles. The van der Waals surface area contributed by atoms with E-state index in [0.717, 1.165) is 5.57 Å². The van der Waals surface area contributed by atoms with E-state index < -0.39 is 0 Å². The minimum absolute atomic E-state index is 0.0966. The van der Waals surface area contributed by atoms with Crippen LogP contribution in [0.3, 0.4) is 0 Å². The number of hydrogen-bond donors (Lipinski definition) is 1. The lowest BCUT2D eigenvalue weighted by molar-refractivity contribution is 1.43. The third-order valence-corrected chi connectivity index (χ3v) is 1.25. The van der Waals surface area contributed by atoms with Gasteiger partial charge in [0.05, 0.1) is 0 Å². The van der Waals surface area contributed by atoms with Gasteiger partial charge in [-0.1, -0.05) is 18.2 Å². The number of rotatable bonds is 2. The zero-order valence-electron chi connectivity index (χ0n) is 5.82. The van der Waals surface area contributed by atoms with E-state index in [2.05, 4.69) is 18.3 Å². The van der Waals surface area contributed by atoms with Gasteiger partial charge < -0.3 is 0 Å². The van der Waals surface area contributed by atoms with Crippen LogP contribution in [0.2, 0.25) is 0 Å². The molecule has 0 aliphatic rings. The highest BCUT2D eigenvalue weighted by molar-refractivity contribution is 6.31. The molecule has 1 N–H and O–H groups in total. The molecular weight excluding hydrogens is 148 g/mol. The highest BCUT2D eigenvalue weighted by Crippen LogP contribution is 2.10. The molecule has 0 aliphatic heterocycles. The standard InChI is InChI=1S/C7H9ClN2/c1-5(6(2)8)4-7(9)10-3/h4,9H,2-3H2,1H3/b5-4+,9-7?. The molecule has 0 fully saturated rings. The summed E-state index contributed by atoms with van der Waals surface area (Å²) in [6, 6.07) is 0. The molecule has 0 spiro atoms. The Balaban J connectivity index is 4.30. The summed E-state index contributed by atoms with van der Waals surface area (Å²) in [6.45, 7) is 8.42. The lowest BCUT2D eigenvalue weighted by atomic mass is 10.3. The van der Waals surface area contributed by atoms with Crippen LogP contribution in [0.25, 0.3) is 0 Å². The van der Waals surface area contributed by atoms with E-state index in [-0.39, 0.29) is 5.84 Å². The van der Waals surface area contributed by atoms with Crippen LogP contribution >= 0.6 is 11.6 Å². The van der Waals surface area contributed by atoms with E-state index in [1.165, 1.54) is 6.08 Å². The predicted octanol–water partition coefficient (Wildman–Crippen LogP) is 2.36. The van der Waals surface area contributed by atoms with Gasteiger partial charge in [0, 0.05) is 5.03 Å². The molecule has 0 atom stereocenters. The van der Waals surface area contributed by atoms with Crippen molar-refractivity contribution < 1.29 is 0 Å². The SMILES string of the molecule is C=NC(=N)/C=C(\C)C(=C)Cl. The fourth-order valence-electron chi connectivity index (χ4n) is 0.329. The van der Waals surface area contributed by atoms with Crippen molar-refractivity contribution in [2.24, 2.45) is 4.99 Å². The molecule has 10 heavy (non-hydrogen) atoms. The number of nitrogens with one attached hydrogen (secondary N) is 1. The quantitative estimate of drug-likeness (QED) is 0.362. The van der Waals surface area contributed by atoms with E-state index in [4.69, 9.17) is 17.0 Å². The third kappa shape index (κ3) is 3.20. The van der Waals surface area contributed by atoms with Crippen molar-refractivity contribution in [1.29, 1.82) is 5.41 Å². The Bertz CT molecular complexity index is 204. The van der Waals surface area contributed by atoms with Gasteiger partial charge in [-0.2, -0.15) is 0 Å². The summed E-state index contributed by atoms with van der Waals surface area (Å²) in [6.07, 6.45) is 1.50. The topological polar surface area (TPSA) is 36.2 Å². The zero-order chi connectivity index (χ0) is 8.15. The molecule has 0 aliphatic carbocycles. The maximum atomic E-state index is 7.06. The number of halogens is 1. The van der Waals surface area contributed by atoms with Crippen molar-refractivity contribution in [3.8, 4) is 0 Å². The number of allylic oxidation sites excluding steroid dienone is 2. The van der Waals surface area contributed by atoms with Crippen LogP contribution in [-0.2, 0) is 0 Å². The molecule has 0 saturated carbocycles. The molecule has 0 bridgehead atoms. The normalized spacial score (nSPS) is 10.8. The average Bonchev–Trinajstić information content (AvgIpc) is 1.87. The predicted molar refractivity (Wildman–Crippen MR) is 46.0 cm³/mol. The number of amidine groups is 1. The van der Waals surface area contributed by atoms with Crippen molar-refractivity contribution in [1.82, 2.24) is 0 Å². The Hall–Kier alpha value is -0.890. The molecule has 0 unspecified atom stereocenters. The summed E-state index contributed by atoms with van der Waals surface area (Å²) in [5.74, 6) is 0.0966. The second-order valence-corrected chi connectivity index (χ2v) is 2.23. The Morgan fingerprint density at radius 1 is 1.70 bits per heavy atom. The molecule has 0 aromatic heterocycles. The van der Waals surface area contributed by atoms with E-state index in [0.29, 0.717) is 5.03 Å². The van der Waals surface area contributed by atoms with Crippen LogP contribution in [-0.4, -0.2) is 12.6 Å². The van der Waals surface area contributed by atoms with Crippen LogP contribution < -0.4 is 0 Å². The Labute approximate surface area is 65.4 Å². The van der Waals surface area contributed by atoms with E-state index in [9.17, 15) is 0 Å². The molecular formula is C7H9ClN2. The first-order chi connectivity index (χ1) is 4.57. The molecule has 0 amide bonds. The number of aliphatic imine (C=N–C) groups is 1. The first-order valence-corrected chi connectivity index (χ1v) is 3.04. The molecule has 0 radical (unpaired) electrons. The summed E-state index contributed by atoms with van der Waals surface area (Å²) in [5.41, 5.74) is 0.735. The van der Waals surface area contributed by atoms with Gasteiger partial charge in [0.1, 0.15) is 5.84 Å². The van der Waals surface area contributed by atoms with Crippen LogP contribution in [0.15, 0.2) is 28.3 Å². The molecule has 54 valence electrons. The maximum absolute atomic E-state index is 7.06. The lowest BCUT2D eigenvalue weighted by Crippen LogP contribution is -1.85. The van der Waals surface area contributed by atoms with Gasteiger partial charge in [-0.05, 0) is 25.3 Å². The van der Waals surface area contributed by atoms with E-state index in [1.807, 2.05) is 0 Å². The van der Waals surface area contributed by atoms with E-state index >= 15 is 0 Å². The Kier molecular flexibility index (Phi) is 3.65. The smallest absolute Gasteiger partial charge is 0.143 e. The summed E-state index contributed by atoms with van der Waals surface area (Å²) >= 11 is 5.51. The largest absolute Gasteiger partial charge is 0.283 e. The van der Waals surface area contributed by atoms with Crippen molar-refractivity contribution >= 4 is 24.2 Å². The van der Waals surface area contributed by atoms with Crippen LogP contribution in [0.1, 0.15) is 6.92 Å². The molecule has 0 rings (SSSR count). The van der Waals surface area contributed by atoms with Crippen molar-refractivity contribution in [2.45, 2.75) is 6.92 Å². The first kappa shape index (κ1) is 9.11. The molecule has 2 nitrogen and oxygen atoms in total. The fraction of sp³-hybridized carbons (Fsp3) is 0.143. The lowest BCUT2D eigenvalue weighted by Gasteiger charge is -1.93. The highest BCUT2D eigenvalue weighted by Gasteiger charge is 1.92. The second-order valence-electron chi connectivity index (χ2n) is 1.78. The van der Waals surface area contributed by atoms with E-state index in [1.54, 1.807) is 6.92 Å². The summed E-state index contributed by atoms with van der Waals surface area (Å²) in [4.78, 5) is 3.37. The summed E-state index contributed by atoms with van der Waals surface area (Å²) in [5, 5.41) is 7.48. The van der Waals surface area contributed by atoms with Crippen molar-refractivity contribution in [3.63, 3.8) is 0 Å². The van der Waals surface area contributed by atoms with Gasteiger partial charge in [-0.3, -0.25) is 5.41 Å². The monoisotopic (exact) mass is 156 g/mol. The second kappa shape index (κ2) is 4.01.